The van der Waals surface area contributed by atoms with Crippen molar-refractivity contribution in [2.24, 2.45) is 0 Å². The van der Waals surface area contributed by atoms with E-state index in [1.165, 1.54) is 24.3 Å². The monoisotopic (exact) mass is 587 g/mol. The number of hydrogen-bond donors (Lipinski definition) is 5. The number of rotatable bonds is 9. The number of carbonyl (C=O) groups excluding carboxylic acids is 2. The molecule has 1 amide bonds. The number of nitrogens with one attached hydrogen (secondary N) is 1. The van der Waals surface area contributed by atoms with Crippen LogP contribution in [0.25, 0.3) is 22.3 Å². The van der Waals surface area contributed by atoms with E-state index in [0.29, 0.717) is 25.8 Å². The van der Waals surface area contributed by atoms with Gasteiger partial charge in [-0.15, -0.1) is 0 Å². The van der Waals surface area contributed by atoms with E-state index in [1.54, 1.807) is 0 Å². The van der Waals surface area contributed by atoms with Gasteiger partial charge in [0.05, 0.1) is 0 Å². The molecule has 1 fully saturated rings. The molecule has 226 valence electrons. The minimum atomic E-state index is -1.75. The third-order valence-corrected chi connectivity index (χ3v) is 6.53. The lowest BCUT2D eigenvalue weighted by Gasteiger charge is -2.43. The number of amides is 1. The maximum Gasteiger partial charge on any atom is 0.407 e. The van der Waals surface area contributed by atoms with E-state index in [-0.39, 0.29) is 33.8 Å². The number of phenolic OH excluding ortho intramolecular Hbond substituents is 3. The second-order valence-electron chi connectivity index (χ2n) is 9.79. The summed E-state index contributed by atoms with van der Waals surface area (Å²) in [5.74, 6) is -2.42. The standard InChI is InChI=1S/C29H33NO12/c1-4-6-19-25(42-29(37)30-11-5-2)27(38-14(3)31)23(36)28(40-19)41-26-22(35)21-18(34)12-17(33)13-20(21)39-24(26)15-7-9-16(32)10-8-15/h7-10,12-13,19,23,25,27-28,32-34,36H,4-6,11H2,1-3H3,(H,30,37)/t19-,23+,25-,27-,28-/m0/s1. The van der Waals surface area contributed by atoms with E-state index in [0.717, 1.165) is 19.1 Å². The van der Waals surface area contributed by atoms with Crippen LogP contribution in [0.3, 0.4) is 0 Å². The van der Waals surface area contributed by atoms with Gasteiger partial charge in [-0.1, -0.05) is 20.3 Å². The lowest BCUT2D eigenvalue weighted by atomic mass is 9.95. The maximum absolute atomic E-state index is 13.7. The van der Waals surface area contributed by atoms with Crippen molar-refractivity contribution in [2.45, 2.75) is 70.7 Å². The predicted octanol–water partition coefficient (Wildman–Crippen LogP) is 3.28. The van der Waals surface area contributed by atoms with Crippen LogP contribution in [0.1, 0.15) is 40.0 Å². The fourth-order valence-electron chi connectivity index (χ4n) is 4.66. The third-order valence-electron chi connectivity index (χ3n) is 6.53. The Morgan fingerprint density at radius 3 is 2.33 bits per heavy atom. The van der Waals surface area contributed by atoms with Gasteiger partial charge in [0.2, 0.25) is 17.5 Å². The van der Waals surface area contributed by atoms with E-state index < -0.39 is 59.7 Å². The Kier molecular flexibility index (Phi) is 9.43. The Balaban J connectivity index is 1.80. The quantitative estimate of drug-likeness (QED) is 0.230. The van der Waals surface area contributed by atoms with Crippen LogP contribution in [0, 0.1) is 0 Å². The second kappa shape index (κ2) is 13.0. The Morgan fingerprint density at radius 2 is 1.69 bits per heavy atom. The van der Waals surface area contributed by atoms with Crippen molar-refractivity contribution in [3.05, 3.63) is 46.6 Å². The van der Waals surface area contributed by atoms with Gasteiger partial charge in [-0.2, -0.15) is 0 Å². The highest BCUT2D eigenvalue weighted by Crippen LogP contribution is 2.38. The van der Waals surface area contributed by atoms with Crippen molar-refractivity contribution in [1.29, 1.82) is 0 Å². The Hall–Kier alpha value is -4.49. The summed E-state index contributed by atoms with van der Waals surface area (Å²) >= 11 is 0. The molecule has 1 saturated heterocycles. The van der Waals surface area contributed by atoms with E-state index in [9.17, 15) is 34.8 Å². The number of benzene rings is 2. The van der Waals surface area contributed by atoms with Crippen LogP contribution in [0.2, 0.25) is 0 Å². The van der Waals surface area contributed by atoms with Crippen molar-refractivity contribution >= 4 is 23.0 Å². The molecule has 0 unspecified atom stereocenters. The molecule has 4 rings (SSSR count). The number of phenols is 3. The van der Waals surface area contributed by atoms with Crippen molar-refractivity contribution in [2.75, 3.05) is 6.54 Å². The maximum atomic E-state index is 13.7. The molecule has 42 heavy (non-hydrogen) atoms. The number of alkyl carbamates (subject to hydrolysis) is 1. The molecule has 0 aliphatic carbocycles. The fourth-order valence-corrected chi connectivity index (χ4v) is 4.66. The number of esters is 1. The van der Waals surface area contributed by atoms with Gasteiger partial charge in [0.25, 0.3) is 0 Å². The van der Waals surface area contributed by atoms with Gasteiger partial charge >= 0.3 is 12.1 Å². The summed E-state index contributed by atoms with van der Waals surface area (Å²) in [4.78, 5) is 38.1. The molecule has 13 nitrogen and oxygen atoms in total. The van der Waals surface area contributed by atoms with Gasteiger partial charge in [-0.3, -0.25) is 9.59 Å². The summed E-state index contributed by atoms with van der Waals surface area (Å²) in [5.41, 5.74) is -0.752. The first-order valence-corrected chi connectivity index (χ1v) is 13.5. The average Bonchev–Trinajstić information content (AvgIpc) is 2.93. The lowest BCUT2D eigenvalue weighted by Crippen LogP contribution is -2.62. The van der Waals surface area contributed by atoms with Crippen molar-refractivity contribution in [3.8, 4) is 34.3 Å². The second-order valence-corrected chi connectivity index (χ2v) is 9.79. The van der Waals surface area contributed by atoms with Gasteiger partial charge < -0.3 is 49.1 Å². The van der Waals surface area contributed by atoms with Gasteiger partial charge in [-0.05, 0) is 37.1 Å². The lowest BCUT2D eigenvalue weighted by molar-refractivity contribution is -0.276. The number of aromatic hydroxyl groups is 3. The molecular weight excluding hydrogens is 554 g/mol. The molecule has 5 N–H and O–H groups in total. The first-order valence-electron chi connectivity index (χ1n) is 13.5. The molecule has 1 aromatic heterocycles. The molecule has 3 aromatic rings. The first-order chi connectivity index (χ1) is 20.0. The van der Waals surface area contributed by atoms with E-state index in [1.807, 2.05) is 13.8 Å². The fraction of sp³-hybridized carbons (Fsp3) is 0.414. The Morgan fingerprint density at radius 1 is 0.976 bits per heavy atom. The highest BCUT2D eigenvalue weighted by Gasteiger charge is 2.50. The zero-order valence-corrected chi connectivity index (χ0v) is 23.2. The minimum Gasteiger partial charge on any atom is -0.508 e. The van der Waals surface area contributed by atoms with Crippen LogP contribution < -0.4 is 15.5 Å². The van der Waals surface area contributed by atoms with Crippen molar-refractivity contribution in [1.82, 2.24) is 5.32 Å². The topological polar surface area (TPSA) is 194 Å². The Bertz CT molecular complexity index is 1480. The predicted molar refractivity (Wildman–Crippen MR) is 147 cm³/mol. The normalized spacial score (nSPS) is 22.0. The number of fused-ring (bicyclic) bond motifs is 1. The third kappa shape index (κ3) is 6.52. The highest BCUT2D eigenvalue weighted by molar-refractivity contribution is 5.88. The van der Waals surface area contributed by atoms with Crippen LogP contribution in [0.5, 0.6) is 23.0 Å². The van der Waals surface area contributed by atoms with E-state index in [4.69, 9.17) is 23.4 Å². The van der Waals surface area contributed by atoms with Gasteiger partial charge in [-0.25, -0.2) is 4.79 Å². The molecule has 0 bridgehead atoms. The summed E-state index contributed by atoms with van der Waals surface area (Å²) in [7, 11) is 0. The van der Waals surface area contributed by atoms with Gasteiger partial charge in [0.1, 0.15) is 34.3 Å². The number of hydrogen-bond acceptors (Lipinski definition) is 12. The van der Waals surface area contributed by atoms with E-state index >= 15 is 0 Å². The molecule has 0 spiro atoms. The van der Waals surface area contributed by atoms with E-state index in [2.05, 4.69) is 5.32 Å². The first kappa shape index (κ1) is 30.5. The molecular formula is C29H33NO12. The van der Waals surface area contributed by atoms with Crippen molar-refractivity contribution < 1.29 is 53.4 Å². The SMILES string of the molecule is CCCNC(=O)O[C@@H]1[C@@H](OC(C)=O)[C@@H](O)[C@H](Oc2c(-c3ccc(O)cc3)oc3cc(O)cc(O)c3c2=O)O[C@H]1CCC. The Labute approximate surface area is 240 Å². The van der Waals surface area contributed by atoms with Crippen LogP contribution in [0.15, 0.2) is 45.6 Å². The molecule has 2 heterocycles. The molecule has 2 aromatic carbocycles. The zero-order valence-electron chi connectivity index (χ0n) is 23.2. The summed E-state index contributed by atoms with van der Waals surface area (Å²) < 4.78 is 28.7. The molecule has 13 heteroatoms. The zero-order chi connectivity index (χ0) is 30.6. The molecule has 1 aliphatic heterocycles. The minimum absolute atomic E-state index is 0.0636. The van der Waals surface area contributed by atoms with Gasteiger partial charge in [0, 0.05) is 31.2 Å². The van der Waals surface area contributed by atoms with Crippen LogP contribution in [-0.4, -0.2) is 69.7 Å². The average molecular weight is 588 g/mol. The van der Waals surface area contributed by atoms with Gasteiger partial charge in [0.15, 0.2) is 24.1 Å². The number of aliphatic hydroxyl groups is 1. The number of carbonyl (C=O) groups is 2. The van der Waals surface area contributed by atoms with Crippen LogP contribution >= 0.6 is 0 Å². The van der Waals surface area contributed by atoms with Crippen molar-refractivity contribution in [3.63, 3.8) is 0 Å². The molecule has 1 aliphatic rings. The summed E-state index contributed by atoms with van der Waals surface area (Å²) in [6.45, 7) is 5.16. The largest absolute Gasteiger partial charge is 0.508 e. The van der Waals surface area contributed by atoms with Crippen LogP contribution in [0.4, 0.5) is 4.79 Å². The molecule has 0 radical (unpaired) electrons. The summed E-state index contributed by atoms with van der Waals surface area (Å²) in [5, 5.41) is 43.7. The molecule has 0 saturated carbocycles. The summed E-state index contributed by atoms with van der Waals surface area (Å²) in [6.07, 6.45) is -6.24. The van der Waals surface area contributed by atoms with Crippen LogP contribution in [-0.2, 0) is 19.0 Å². The highest BCUT2D eigenvalue weighted by atomic mass is 16.7. The smallest absolute Gasteiger partial charge is 0.407 e. The number of ether oxygens (including phenoxy) is 4. The summed E-state index contributed by atoms with van der Waals surface area (Å²) in [6, 6.07) is 7.65. The number of aliphatic hydroxyl groups excluding tert-OH is 1. The molecule has 5 atom stereocenters.